The second-order valence-corrected chi connectivity index (χ2v) is 2.89. The molecule has 0 spiro atoms. The number of anilines is 1. The van der Waals surface area contributed by atoms with Crippen LogP contribution in [0.5, 0.6) is 0 Å². The molecular formula is C10H15NO. The summed E-state index contributed by atoms with van der Waals surface area (Å²) in [4.78, 5) is 0. The molecular weight excluding hydrogens is 150 g/mol. The second kappa shape index (κ2) is 4.12. The van der Waals surface area contributed by atoms with E-state index < -0.39 is 0 Å². The number of rotatable bonds is 3. The van der Waals surface area contributed by atoms with Crippen LogP contribution in [0.25, 0.3) is 0 Å². The number of benzene rings is 1. The quantitative estimate of drug-likeness (QED) is 0.693. The third-order valence-corrected chi connectivity index (χ3v) is 2.00. The average Bonchev–Trinajstić information content (AvgIpc) is 2.04. The second-order valence-electron chi connectivity index (χ2n) is 2.89. The van der Waals surface area contributed by atoms with Crippen LogP contribution in [-0.4, -0.2) is 13.7 Å². The molecule has 0 atom stereocenters. The van der Waals surface area contributed by atoms with Crippen LogP contribution in [0.15, 0.2) is 18.2 Å². The van der Waals surface area contributed by atoms with Gasteiger partial charge in [0.2, 0.25) is 0 Å². The predicted octanol–water partition coefficient (Wildman–Crippen LogP) is 1.77. The van der Waals surface area contributed by atoms with Gasteiger partial charge in [0.05, 0.1) is 6.61 Å². The van der Waals surface area contributed by atoms with E-state index >= 15 is 0 Å². The fraction of sp³-hybridized carbons (Fsp3) is 0.400. The van der Waals surface area contributed by atoms with Crippen molar-refractivity contribution in [1.29, 1.82) is 0 Å². The topological polar surface area (TPSA) is 35.2 Å². The van der Waals surface area contributed by atoms with Crippen molar-refractivity contribution < 1.29 is 4.74 Å². The Hall–Kier alpha value is -1.02. The molecule has 1 rings (SSSR count). The molecule has 0 saturated carbocycles. The van der Waals surface area contributed by atoms with E-state index in [1.807, 2.05) is 12.1 Å². The summed E-state index contributed by atoms with van der Waals surface area (Å²) in [5, 5.41) is 0. The van der Waals surface area contributed by atoms with Crippen LogP contribution in [0.4, 0.5) is 5.69 Å². The van der Waals surface area contributed by atoms with Crippen LogP contribution in [0, 0.1) is 6.92 Å². The summed E-state index contributed by atoms with van der Waals surface area (Å²) in [5.41, 5.74) is 9.12. The Morgan fingerprint density at radius 2 is 2.17 bits per heavy atom. The summed E-state index contributed by atoms with van der Waals surface area (Å²) < 4.78 is 5.00. The van der Waals surface area contributed by atoms with Gasteiger partial charge in [-0.25, -0.2) is 0 Å². The summed E-state index contributed by atoms with van der Waals surface area (Å²) in [6, 6.07) is 5.97. The van der Waals surface area contributed by atoms with Crippen molar-refractivity contribution in [3.8, 4) is 0 Å². The van der Waals surface area contributed by atoms with E-state index in [4.69, 9.17) is 10.5 Å². The Labute approximate surface area is 73.3 Å². The Balaban J connectivity index is 2.81. The first kappa shape index (κ1) is 9.07. The van der Waals surface area contributed by atoms with E-state index in [2.05, 4.69) is 13.0 Å². The predicted molar refractivity (Wildman–Crippen MR) is 51.2 cm³/mol. The smallest absolute Gasteiger partial charge is 0.0503 e. The molecule has 2 nitrogen and oxygen atoms in total. The highest BCUT2D eigenvalue weighted by Gasteiger charge is 2.00. The SMILES string of the molecule is COCCc1c(C)cccc1N. The van der Waals surface area contributed by atoms with Crippen molar-refractivity contribution >= 4 is 5.69 Å². The molecule has 0 fully saturated rings. The molecule has 1 aromatic carbocycles. The minimum absolute atomic E-state index is 0.731. The number of nitrogens with two attached hydrogens (primary N) is 1. The van der Waals surface area contributed by atoms with E-state index in [0.29, 0.717) is 0 Å². The summed E-state index contributed by atoms with van der Waals surface area (Å²) in [7, 11) is 1.70. The van der Waals surface area contributed by atoms with Gasteiger partial charge in [-0.15, -0.1) is 0 Å². The standard InChI is InChI=1S/C10H15NO/c1-8-4-3-5-10(11)9(8)6-7-12-2/h3-5H,6-7,11H2,1-2H3. The van der Waals surface area contributed by atoms with E-state index in [1.54, 1.807) is 7.11 Å². The Bertz CT molecular complexity index is 238. The lowest BCUT2D eigenvalue weighted by atomic mass is 10.0. The maximum absolute atomic E-state index is 5.81. The Morgan fingerprint density at radius 1 is 1.42 bits per heavy atom. The fourth-order valence-corrected chi connectivity index (χ4v) is 1.27. The third kappa shape index (κ3) is 1.98. The normalized spacial score (nSPS) is 10.2. The summed E-state index contributed by atoms with van der Waals surface area (Å²) in [6.07, 6.45) is 0.898. The van der Waals surface area contributed by atoms with E-state index in [9.17, 15) is 0 Å². The molecule has 2 N–H and O–H groups in total. The highest BCUT2D eigenvalue weighted by atomic mass is 16.5. The summed E-state index contributed by atoms with van der Waals surface area (Å²) >= 11 is 0. The van der Waals surface area contributed by atoms with Crippen LogP contribution < -0.4 is 5.73 Å². The van der Waals surface area contributed by atoms with Crippen LogP contribution in [-0.2, 0) is 11.2 Å². The molecule has 0 radical (unpaired) electrons. The third-order valence-electron chi connectivity index (χ3n) is 2.00. The van der Waals surface area contributed by atoms with Crippen molar-refractivity contribution in [2.45, 2.75) is 13.3 Å². The lowest BCUT2D eigenvalue weighted by molar-refractivity contribution is 0.202. The molecule has 0 aliphatic carbocycles. The monoisotopic (exact) mass is 165 g/mol. The van der Waals surface area contributed by atoms with Crippen molar-refractivity contribution in [1.82, 2.24) is 0 Å². The van der Waals surface area contributed by atoms with Gasteiger partial charge in [0, 0.05) is 12.8 Å². The van der Waals surface area contributed by atoms with Gasteiger partial charge in [-0.05, 0) is 30.5 Å². The number of aryl methyl sites for hydroxylation is 1. The van der Waals surface area contributed by atoms with Crippen molar-refractivity contribution in [2.24, 2.45) is 0 Å². The molecule has 0 unspecified atom stereocenters. The molecule has 0 saturated heterocycles. The molecule has 2 heteroatoms. The maximum atomic E-state index is 5.81. The zero-order chi connectivity index (χ0) is 8.97. The van der Waals surface area contributed by atoms with E-state index in [-0.39, 0.29) is 0 Å². The van der Waals surface area contributed by atoms with Crippen LogP contribution in [0.2, 0.25) is 0 Å². The van der Waals surface area contributed by atoms with Gasteiger partial charge in [0.25, 0.3) is 0 Å². The zero-order valence-corrected chi connectivity index (χ0v) is 7.63. The van der Waals surface area contributed by atoms with Crippen molar-refractivity contribution in [2.75, 3.05) is 19.5 Å². The molecule has 0 amide bonds. The van der Waals surface area contributed by atoms with Crippen LogP contribution in [0.3, 0.4) is 0 Å². The van der Waals surface area contributed by atoms with Gasteiger partial charge in [-0.2, -0.15) is 0 Å². The van der Waals surface area contributed by atoms with Crippen LogP contribution in [0.1, 0.15) is 11.1 Å². The lowest BCUT2D eigenvalue weighted by Crippen LogP contribution is -2.01. The van der Waals surface area contributed by atoms with Crippen LogP contribution >= 0.6 is 0 Å². The molecule has 0 bridgehead atoms. The van der Waals surface area contributed by atoms with Crippen molar-refractivity contribution in [3.63, 3.8) is 0 Å². The minimum Gasteiger partial charge on any atom is -0.398 e. The average molecular weight is 165 g/mol. The fourth-order valence-electron chi connectivity index (χ4n) is 1.27. The van der Waals surface area contributed by atoms with Crippen molar-refractivity contribution in [3.05, 3.63) is 29.3 Å². The van der Waals surface area contributed by atoms with Gasteiger partial charge in [0.15, 0.2) is 0 Å². The molecule has 0 aliphatic rings. The highest BCUT2D eigenvalue weighted by molar-refractivity contribution is 5.50. The zero-order valence-electron chi connectivity index (χ0n) is 7.63. The molecule has 1 aromatic rings. The van der Waals surface area contributed by atoms with E-state index in [0.717, 1.165) is 18.7 Å². The lowest BCUT2D eigenvalue weighted by Gasteiger charge is -2.07. The number of methoxy groups -OCH3 is 1. The van der Waals surface area contributed by atoms with Gasteiger partial charge >= 0.3 is 0 Å². The first-order valence-electron chi connectivity index (χ1n) is 4.08. The molecule has 0 aliphatic heterocycles. The first-order chi connectivity index (χ1) is 5.75. The largest absolute Gasteiger partial charge is 0.398 e. The molecule has 0 heterocycles. The van der Waals surface area contributed by atoms with Gasteiger partial charge < -0.3 is 10.5 Å². The summed E-state index contributed by atoms with van der Waals surface area (Å²) in [6.45, 7) is 2.80. The maximum Gasteiger partial charge on any atom is 0.0503 e. The summed E-state index contributed by atoms with van der Waals surface area (Å²) in [5.74, 6) is 0. The molecule has 0 aromatic heterocycles. The first-order valence-corrected chi connectivity index (χ1v) is 4.08. The molecule has 66 valence electrons. The van der Waals surface area contributed by atoms with Gasteiger partial charge in [-0.3, -0.25) is 0 Å². The number of hydrogen-bond donors (Lipinski definition) is 1. The number of nitrogen functional groups attached to an aromatic ring is 1. The number of hydrogen-bond acceptors (Lipinski definition) is 2. The number of ether oxygens (including phenoxy) is 1. The Kier molecular flexibility index (Phi) is 3.11. The highest BCUT2D eigenvalue weighted by Crippen LogP contribution is 2.16. The molecule has 12 heavy (non-hydrogen) atoms. The van der Waals surface area contributed by atoms with Gasteiger partial charge in [0.1, 0.15) is 0 Å². The van der Waals surface area contributed by atoms with Gasteiger partial charge in [-0.1, -0.05) is 12.1 Å². The van der Waals surface area contributed by atoms with E-state index in [1.165, 1.54) is 11.1 Å². The minimum atomic E-state index is 0.731. The Morgan fingerprint density at radius 3 is 2.75 bits per heavy atom.